The second kappa shape index (κ2) is 5.67. The molecule has 1 saturated heterocycles. The van der Waals surface area contributed by atoms with Gasteiger partial charge in [0.15, 0.2) is 0 Å². The van der Waals surface area contributed by atoms with Crippen LogP contribution < -0.4 is 5.32 Å². The second-order valence-electron chi connectivity index (χ2n) is 4.17. The van der Waals surface area contributed by atoms with E-state index in [0.29, 0.717) is 5.75 Å². The molecule has 1 aliphatic rings. The first-order valence-corrected chi connectivity index (χ1v) is 6.57. The molecule has 1 atom stereocenters. The van der Waals surface area contributed by atoms with E-state index in [-0.39, 0.29) is 6.04 Å². The monoisotopic (exact) mass is 296 g/mol. The zero-order chi connectivity index (χ0) is 12.3. The lowest BCUT2D eigenvalue weighted by Crippen LogP contribution is -2.44. The summed E-state index contributed by atoms with van der Waals surface area (Å²) < 4.78 is 0.891. The Morgan fingerprint density at radius 1 is 1.41 bits per heavy atom. The molecule has 4 heteroatoms. The van der Waals surface area contributed by atoms with Crippen molar-refractivity contribution in [2.45, 2.75) is 6.04 Å². The van der Waals surface area contributed by atoms with E-state index in [4.69, 9.17) is 0 Å². The fraction of sp³-hybridized carbons (Fsp3) is 0.385. The molecule has 0 amide bonds. The lowest BCUT2D eigenvalue weighted by molar-refractivity contribution is 0.201. The summed E-state index contributed by atoms with van der Waals surface area (Å²) in [4.78, 5) is 2.33. The molecule has 0 radical (unpaired) electrons. The maximum atomic E-state index is 10.0. The topological polar surface area (TPSA) is 35.5 Å². The van der Waals surface area contributed by atoms with Crippen LogP contribution in [0.4, 0.5) is 0 Å². The van der Waals surface area contributed by atoms with Gasteiger partial charge in [0.05, 0.1) is 6.04 Å². The SMILES string of the molecule is C=C[C@@H](c1ccc(Br)cc1O)N1CCNCC1. The van der Waals surface area contributed by atoms with Gasteiger partial charge < -0.3 is 10.4 Å². The van der Waals surface area contributed by atoms with Crippen LogP contribution in [0, 0.1) is 0 Å². The number of rotatable bonds is 3. The molecule has 0 aromatic heterocycles. The highest BCUT2D eigenvalue weighted by Gasteiger charge is 2.21. The maximum absolute atomic E-state index is 10.0. The summed E-state index contributed by atoms with van der Waals surface area (Å²) in [6.07, 6.45) is 1.90. The maximum Gasteiger partial charge on any atom is 0.121 e. The molecule has 0 spiro atoms. The van der Waals surface area contributed by atoms with Gasteiger partial charge in [-0.1, -0.05) is 28.1 Å². The van der Waals surface area contributed by atoms with Gasteiger partial charge >= 0.3 is 0 Å². The average molecular weight is 297 g/mol. The van der Waals surface area contributed by atoms with Gasteiger partial charge in [-0.3, -0.25) is 4.90 Å². The highest BCUT2D eigenvalue weighted by atomic mass is 79.9. The first-order valence-electron chi connectivity index (χ1n) is 5.78. The molecule has 1 heterocycles. The lowest BCUT2D eigenvalue weighted by atomic mass is 10.0. The molecule has 1 fully saturated rings. The number of nitrogens with one attached hydrogen (secondary N) is 1. The van der Waals surface area contributed by atoms with E-state index < -0.39 is 0 Å². The van der Waals surface area contributed by atoms with Gasteiger partial charge in [-0.15, -0.1) is 6.58 Å². The van der Waals surface area contributed by atoms with Crippen molar-refractivity contribution < 1.29 is 5.11 Å². The third-order valence-corrected chi connectivity index (χ3v) is 3.57. The Kier molecular flexibility index (Phi) is 4.20. The Hall–Kier alpha value is -0.840. The molecule has 0 unspecified atom stereocenters. The van der Waals surface area contributed by atoms with Crippen molar-refractivity contribution in [3.63, 3.8) is 0 Å². The number of phenolic OH excluding ortho intramolecular Hbond substituents is 1. The molecule has 2 N–H and O–H groups in total. The molecule has 3 nitrogen and oxygen atoms in total. The summed E-state index contributed by atoms with van der Waals surface area (Å²) in [6.45, 7) is 7.82. The summed E-state index contributed by atoms with van der Waals surface area (Å²) in [6, 6.07) is 5.72. The number of phenols is 1. The van der Waals surface area contributed by atoms with Crippen molar-refractivity contribution in [3.8, 4) is 5.75 Å². The highest BCUT2D eigenvalue weighted by molar-refractivity contribution is 9.10. The second-order valence-corrected chi connectivity index (χ2v) is 5.09. The minimum absolute atomic E-state index is 0.0881. The molecule has 1 aromatic carbocycles. The summed E-state index contributed by atoms with van der Waals surface area (Å²) in [5, 5.41) is 13.3. The Balaban J connectivity index is 2.24. The van der Waals surface area contributed by atoms with Gasteiger partial charge in [0, 0.05) is 36.2 Å². The van der Waals surface area contributed by atoms with Crippen LogP contribution in [0.15, 0.2) is 35.3 Å². The number of halogens is 1. The number of benzene rings is 1. The van der Waals surface area contributed by atoms with Gasteiger partial charge in [-0.25, -0.2) is 0 Å². The largest absolute Gasteiger partial charge is 0.508 e. The molecule has 0 bridgehead atoms. The van der Waals surface area contributed by atoms with E-state index >= 15 is 0 Å². The molecule has 92 valence electrons. The quantitative estimate of drug-likeness (QED) is 0.840. The normalized spacial score (nSPS) is 18.9. The minimum atomic E-state index is 0.0881. The number of hydrogen-bond acceptors (Lipinski definition) is 3. The molecule has 2 rings (SSSR count). The fourth-order valence-electron chi connectivity index (χ4n) is 2.20. The van der Waals surface area contributed by atoms with E-state index in [9.17, 15) is 5.11 Å². The van der Waals surface area contributed by atoms with Crippen molar-refractivity contribution in [2.24, 2.45) is 0 Å². The summed E-state index contributed by atoms with van der Waals surface area (Å²) >= 11 is 3.35. The van der Waals surface area contributed by atoms with E-state index in [2.05, 4.69) is 32.7 Å². The molecule has 1 aliphatic heterocycles. The van der Waals surface area contributed by atoms with Gasteiger partial charge in [0.25, 0.3) is 0 Å². The molecule has 0 aliphatic carbocycles. The van der Waals surface area contributed by atoms with Crippen molar-refractivity contribution in [3.05, 3.63) is 40.9 Å². The number of piperazine rings is 1. The standard InChI is InChI=1S/C13H17BrN2O/c1-2-12(16-7-5-15-6-8-16)11-4-3-10(14)9-13(11)17/h2-4,9,12,15,17H,1,5-8H2/t12-/m0/s1. The molecular formula is C13H17BrN2O. The van der Waals surface area contributed by atoms with Crippen LogP contribution in [0.5, 0.6) is 5.75 Å². The van der Waals surface area contributed by atoms with E-state index in [1.165, 1.54) is 0 Å². The molecular weight excluding hydrogens is 280 g/mol. The van der Waals surface area contributed by atoms with Gasteiger partial charge in [0.1, 0.15) is 5.75 Å². The predicted molar refractivity (Wildman–Crippen MR) is 73.2 cm³/mol. The third-order valence-electron chi connectivity index (χ3n) is 3.08. The predicted octanol–water partition coefficient (Wildman–Crippen LogP) is 2.29. The van der Waals surface area contributed by atoms with Crippen LogP contribution in [-0.4, -0.2) is 36.2 Å². The van der Waals surface area contributed by atoms with Crippen LogP contribution in [0.25, 0.3) is 0 Å². The van der Waals surface area contributed by atoms with Crippen molar-refractivity contribution in [2.75, 3.05) is 26.2 Å². The van der Waals surface area contributed by atoms with Gasteiger partial charge in [-0.2, -0.15) is 0 Å². The van der Waals surface area contributed by atoms with Crippen molar-refractivity contribution in [1.29, 1.82) is 0 Å². The van der Waals surface area contributed by atoms with Crippen LogP contribution >= 0.6 is 15.9 Å². The lowest BCUT2D eigenvalue weighted by Gasteiger charge is -2.33. The highest BCUT2D eigenvalue weighted by Crippen LogP contribution is 2.31. The van der Waals surface area contributed by atoms with Crippen LogP contribution in [0.2, 0.25) is 0 Å². The van der Waals surface area contributed by atoms with Crippen LogP contribution in [0.1, 0.15) is 11.6 Å². The van der Waals surface area contributed by atoms with E-state index in [1.54, 1.807) is 6.07 Å². The molecule has 1 aromatic rings. The Labute approximate surface area is 110 Å². The van der Waals surface area contributed by atoms with Crippen LogP contribution in [0.3, 0.4) is 0 Å². The number of nitrogens with zero attached hydrogens (tertiary/aromatic N) is 1. The molecule has 17 heavy (non-hydrogen) atoms. The summed E-state index contributed by atoms with van der Waals surface area (Å²) in [5.74, 6) is 0.322. The first-order chi connectivity index (χ1) is 8.22. The summed E-state index contributed by atoms with van der Waals surface area (Å²) in [5.41, 5.74) is 0.921. The van der Waals surface area contributed by atoms with E-state index in [1.807, 2.05) is 18.2 Å². The smallest absolute Gasteiger partial charge is 0.121 e. The third kappa shape index (κ3) is 2.89. The summed E-state index contributed by atoms with van der Waals surface area (Å²) in [7, 11) is 0. The minimum Gasteiger partial charge on any atom is -0.508 e. The first kappa shape index (κ1) is 12.6. The Morgan fingerprint density at radius 2 is 2.12 bits per heavy atom. The van der Waals surface area contributed by atoms with E-state index in [0.717, 1.165) is 36.2 Å². The number of aromatic hydroxyl groups is 1. The van der Waals surface area contributed by atoms with Gasteiger partial charge in [-0.05, 0) is 12.1 Å². The zero-order valence-corrected chi connectivity index (χ0v) is 11.3. The van der Waals surface area contributed by atoms with Crippen molar-refractivity contribution >= 4 is 15.9 Å². The van der Waals surface area contributed by atoms with Crippen LogP contribution in [-0.2, 0) is 0 Å². The Bertz CT molecular complexity index is 402. The van der Waals surface area contributed by atoms with Gasteiger partial charge in [0.2, 0.25) is 0 Å². The fourth-order valence-corrected chi connectivity index (χ4v) is 2.55. The zero-order valence-electron chi connectivity index (χ0n) is 9.69. The average Bonchev–Trinajstić information content (AvgIpc) is 2.34. The number of hydrogen-bond donors (Lipinski definition) is 2. The molecule has 0 saturated carbocycles. The Morgan fingerprint density at radius 3 is 2.71 bits per heavy atom. The van der Waals surface area contributed by atoms with Crippen molar-refractivity contribution in [1.82, 2.24) is 10.2 Å².